The van der Waals surface area contributed by atoms with Crippen LogP contribution in [0, 0.1) is 11.7 Å². The van der Waals surface area contributed by atoms with Gasteiger partial charge in [0.15, 0.2) is 15.7 Å². The lowest BCUT2D eigenvalue weighted by Gasteiger charge is -2.16. The number of hydrogen-bond donors (Lipinski definition) is 0. The van der Waals surface area contributed by atoms with Crippen molar-refractivity contribution in [1.82, 2.24) is 14.3 Å². The molecule has 1 aliphatic rings. The summed E-state index contributed by atoms with van der Waals surface area (Å²) in [7, 11) is -1.81. The van der Waals surface area contributed by atoms with Gasteiger partial charge in [0.2, 0.25) is 0 Å². The van der Waals surface area contributed by atoms with Crippen LogP contribution in [-0.4, -0.2) is 35.1 Å². The monoisotopic (exact) mass is 481 g/mol. The topological polar surface area (TPSA) is 83.2 Å². The first kappa shape index (κ1) is 22.3. The van der Waals surface area contributed by atoms with Gasteiger partial charge in [-0.05, 0) is 60.5 Å². The molecule has 34 heavy (non-hydrogen) atoms. The molecule has 2 aromatic heterocycles. The first-order valence-corrected chi connectivity index (χ1v) is 12.8. The second-order valence-corrected chi connectivity index (χ2v) is 10.9. The zero-order valence-corrected chi connectivity index (χ0v) is 19.7. The molecular weight excluding hydrogens is 457 g/mol. The highest BCUT2D eigenvalue weighted by atomic mass is 32.2. The van der Waals surface area contributed by atoms with Crippen LogP contribution in [0.4, 0.5) is 4.39 Å². The van der Waals surface area contributed by atoms with Gasteiger partial charge in [-0.25, -0.2) is 17.5 Å². The van der Waals surface area contributed by atoms with E-state index >= 15 is 0 Å². The van der Waals surface area contributed by atoms with Gasteiger partial charge in [-0.15, -0.1) is 0 Å². The van der Waals surface area contributed by atoms with Gasteiger partial charge in [-0.3, -0.25) is 4.79 Å². The second-order valence-electron chi connectivity index (χ2n) is 8.61. The maximum Gasteiger partial charge on any atom is 0.258 e. The average molecular weight is 482 g/mol. The molecule has 0 aliphatic heterocycles. The summed E-state index contributed by atoms with van der Waals surface area (Å²) in [6.07, 6.45) is 6.27. The SMILES string of the molecule is CCS(=O)(=O)c1ccc(OCC2CC2)c(-c2cn(C)c(=O)c3ccc(-n4cc(F)cn4)cc23)c1. The number of sulfone groups is 1. The lowest BCUT2D eigenvalue weighted by Crippen LogP contribution is -2.17. The first-order valence-electron chi connectivity index (χ1n) is 11.1. The van der Waals surface area contributed by atoms with Crippen LogP contribution in [0.15, 0.2) is 64.7 Å². The van der Waals surface area contributed by atoms with E-state index in [4.69, 9.17) is 4.74 Å². The van der Waals surface area contributed by atoms with E-state index < -0.39 is 15.7 Å². The predicted octanol–water partition coefficient (Wildman–Crippen LogP) is 4.11. The number of hydrogen-bond acceptors (Lipinski definition) is 5. The predicted molar refractivity (Wildman–Crippen MR) is 128 cm³/mol. The number of aryl methyl sites for hydroxylation is 1. The van der Waals surface area contributed by atoms with Crippen molar-refractivity contribution in [3.8, 4) is 22.6 Å². The number of pyridine rings is 1. The van der Waals surface area contributed by atoms with Crippen LogP contribution >= 0.6 is 0 Å². The Morgan fingerprint density at radius 1 is 1.09 bits per heavy atom. The molecule has 4 aromatic rings. The molecule has 1 saturated carbocycles. The second kappa shape index (κ2) is 8.39. The Morgan fingerprint density at radius 2 is 1.88 bits per heavy atom. The van der Waals surface area contributed by atoms with Crippen LogP contribution in [0.25, 0.3) is 27.6 Å². The molecule has 1 fully saturated rings. The molecular formula is C25H24FN3O4S. The molecule has 0 amide bonds. The highest BCUT2D eigenvalue weighted by molar-refractivity contribution is 7.91. The molecule has 0 atom stereocenters. The maximum atomic E-state index is 13.6. The number of aromatic nitrogens is 3. The summed E-state index contributed by atoms with van der Waals surface area (Å²) < 4.78 is 47.8. The Labute approximate surface area is 196 Å². The molecule has 5 rings (SSSR count). The zero-order valence-electron chi connectivity index (χ0n) is 18.9. The van der Waals surface area contributed by atoms with Crippen LogP contribution in [0.3, 0.4) is 0 Å². The Hall–Kier alpha value is -3.46. The van der Waals surface area contributed by atoms with E-state index in [1.807, 2.05) is 0 Å². The molecule has 2 aromatic carbocycles. The molecule has 0 unspecified atom stereocenters. The van der Waals surface area contributed by atoms with Crippen molar-refractivity contribution >= 4 is 20.6 Å². The van der Waals surface area contributed by atoms with E-state index in [1.165, 1.54) is 15.4 Å². The molecule has 0 saturated heterocycles. The minimum atomic E-state index is -3.46. The van der Waals surface area contributed by atoms with E-state index in [2.05, 4.69) is 5.10 Å². The summed E-state index contributed by atoms with van der Waals surface area (Å²) >= 11 is 0. The fourth-order valence-corrected chi connectivity index (χ4v) is 4.86. The van der Waals surface area contributed by atoms with Crippen molar-refractivity contribution in [1.29, 1.82) is 0 Å². The normalized spacial score (nSPS) is 14.0. The number of benzene rings is 2. The summed E-state index contributed by atoms with van der Waals surface area (Å²) in [6.45, 7) is 2.15. The molecule has 2 heterocycles. The number of ether oxygens (including phenoxy) is 1. The third kappa shape index (κ3) is 4.11. The van der Waals surface area contributed by atoms with Crippen LogP contribution in [0.5, 0.6) is 5.75 Å². The minimum absolute atomic E-state index is 0.0300. The van der Waals surface area contributed by atoms with Crippen molar-refractivity contribution in [3.63, 3.8) is 0 Å². The van der Waals surface area contributed by atoms with Gasteiger partial charge in [0.05, 0.1) is 35.3 Å². The number of nitrogens with zero attached hydrogens (tertiary/aromatic N) is 3. The van der Waals surface area contributed by atoms with Gasteiger partial charge in [-0.2, -0.15) is 5.10 Å². The van der Waals surface area contributed by atoms with Gasteiger partial charge >= 0.3 is 0 Å². The first-order chi connectivity index (χ1) is 16.3. The molecule has 0 radical (unpaired) electrons. The van der Waals surface area contributed by atoms with Crippen LogP contribution in [0.1, 0.15) is 19.8 Å². The summed E-state index contributed by atoms with van der Waals surface area (Å²) in [6, 6.07) is 9.98. The van der Waals surface area contributed by atoms with E-state index in [0.29, 0.717) is 45.9 Å². The Bertz CT molecular complexity index is 1570. The zero-order chi connectivity index (χ0) is 24.0. The minimum Gasteiger partial charge on any atom is -0.493 e. The molecule has 176 valence electrons. The maximum absolute atomic E-state index is 13.6. The van der Waals surface area contributed by atoms with E-state index in [0.717, 1.165) is 19.0 Å². The highest BCUT2D eigenvalue weighted by Crippen LogP contribution is 2.38. The third-order valence-electron chi connectivity index (χ3n) is 6.13. The molecule has 1 aliphatic carbocycles. The summed E-state index contributed by atoms with van der Waals surface area (Å²) in [5.74, 6) is 0.553. The van der Waals surface area contributed by atoms with E-state index in [-0.39, 0.29) is 16.2 Å². The van der Waals surface area contributed by atoms with Crippen molar-refractivity contribution < 1.29 is 17.5 Å². The van der Waals surface area contributed by atoms with Crippen LogP contribution in [0.2, 0.25) is 0 Å². The van der Waals surface area contributed by atoms with Crippen molar-refractivity contribution in [2.24, 2.45) is 13.0 Å². The van der Waals surface area contributed by atoms with Crippen molar-refractivity contribution in [2.75, 3.05) is 12.4 Å². The van der Waals surface area contributed by atoms with Gasteiger partial charge in [0.25, 0.3) is 5.56 Å². The largest absolute Gasteiger partial charge is 0.493 e. The molecule has 7 nitrogen and oxygen atoms in total. The standard InChI is InChI=1S/C25H24FN3O4S/c1-3-34(31,32)19-7-9-24(33-15-16-4-5-16)22(11-19)23-14-28(2)25(30)20-8-6-18(10-21(20)23)29-13-17(26)12-27-29/h6-14,16H,3-5,15H2,1-2H3. The third-order valence-corrected chi connectivity index (χ3v) is 7.87. The number of halogens is 1. The van der Waals surface area contributed by atoms with Gasteiger partial charge in [0, 0.05) is 29.8 Å². The van der Waals surface area contributed by atoms with Gasteiger partial charge in [0.1, 0.15) is 5.75 Å². The summed E-state index contributed by atoms with van der Waals surface area (Å²) in [5, 5.41) is 5.07. The summed E-state index contributed by atoms with van der Waals surface area (Å²) in [5.41, 5.74) is 1.60. The molecule has 0 bridgehead atoms. The number of rotatable bonds is 7. The summed E-state index contributed by atoms with van der Waals surface area (Å²) in [4.78, 5) is 13.1. The number of fused-ring (bicyclic) bond motifs is 1. The molecule has 9 heteroatoms. The Balaban J connectivity index is 1.76. The lowest BCUT2D eigenvalue weighted by molar-refractivity contribution is 0.301. The van der Waals surface area contributed by atoms with Gasteiger partial charge in [-0.1, -0.05) is 6.92 Å². The van der Waals surface area contributed by atoms with Crippen LogP contribution in [-0.2, 0) is 16.9 Å². The fraction of sp³-hybridized carbons (Fsp3) is 0.280. The highest BCUT2D eigenvalue weighted by Gasteiger charge is 2.24. The van der Waals surface area contributed by atoms with Crippen molar-refractivity contribution in [2.45, 2.75) is 24.7 Å². The van der Waals surface area contributed by atoms with E-state index in [1.54, 1.807) is 56.6 Å². The smallest absolute Gasteiger partial charge is 0.258 e. The van der Waals surface area contributed by atoms with Gasteiger partial charge < -0.3 is 9.30 Å². The average Bonchev–Trinajstić information content (AvgIpc) is 3.57. The molecule has 0 N–H and O–H groups in total. The Kier molecular flexibility index (Phi) is 5.51. The fourth-order valence-electron chi connectivity index (χ4n) is 3.95. The van der Waals surface area contributed by atoms with Crippen LogP contribution < -0.4 is 10.3 Å². The molecule has 0 spiro atoms. The lowest BCUT2D eigenvalue weighted by atomic mass is 9.99. The van der Waals surface area contributed by atoms with E-state index in [9.17, 15) is 17.6 Å². The Morgan fingerprint density at radius 3 is 2.56 bits per heavy atom. The van der Waals surface area contributed by atoms with Crippen molar-refractivity contribution in [3.05, 3.63) is 71.2 Å². The quantitative estimate of drug-likeness (QED) is 0.397.